The van der Waals surface area contributed by atoms with Gasteiger partial charge in [0.25, 0.3) is 5.91 Å². The molecular formula is C18H13ClF3N3O3. The molecule has 10 heteroatoms. The lowest BCUT2D eigenvalue weighted by Crippen LogP contribution is -2.23. The number of carbonyl (C=O) groups is 1. The van der Waals surface area contributed by atoms with E-state index in [2.05, 4.69) is 15.5 Å². The molecule has 0 fully saturated rings. The molecule has 0 saturated heterocycles. The molecule has 0 saturated carbocycles. The molecule has 3 aromatic rings. The Morgan fingerprint density at radius 1 is 1.14 bits per heavy atom. The summed E-state index contributed by atoms with van der Waals surface area (Å²) < 4.78 is 42.9. The molecule has 1 heterocycles. The van der Waals surface area contributed by atoms with Gasteiger partial charge in [0.2, 0.25) is 11.8 Å². The molecule has 0 aliphatic heterocycles. The number of aliphatic hydroxyl groups is 1. The number of nitrogens with one attached hydrogen (secondary N) is 1. The summed E-state index contributed by atoms with van der Waals surface area (Å²) >= 11 is 6.14. The van der Waals surface area contributed by atoms with Crippen LogP contribution in [0.15, 0.2) is 46.9 Å². The van der Waals surface area contributed by atoms with Gasteiger partial charge < -0.3 is 14.8 Å². The van der Waals surface area contributed by atoms with Crippen LogP contribution in [0.3, 0.4) is 0 Å². The van der Waals surface area contributed by atoms with Gasteiger partial charge >= 0.3 is 6.18 Å². The van der Waals surface area contributed by atoms with Crippen molar-refractivity contribution in [3.05, 3.63) is 70.1 Å². The van der Waals surface area contributed by atoms with Crippen LogP contribution in [0.1, 0.15) is 27.4 Å². The van der Waals surface area contributed by atoms with Crippen LogP contribution in [-0.4, -0.2) is 21.2 Å². The molecule has 2 N–H and O–H groups in total. The van der Waals surface area contributed by atoms with Gasteiger partial charge in [-0.1, -0.05) is 23.7 Å². The van der Waals surface area contributed by atoms with E-state index in [1.54, 1.807) is 6.07 Å². The van der Waals surface area contributed by atoms with Crippen molar-refractivity contribution < 1.29 is 27.5 Å². The number of aliphatic hydroxyl groups excluding tert-OH is 1. The minimum Gasteiger partial charge on any atom is -0.418 e. The average Bonchev–Trinajstić information content (AvgIpc) is 3.15. The molecule has 0 aliphatic carbocycles. The van der Waals surface area contributed by atoms with Crippen molar-refractivity contribution in [2.45, 2.75) is 19.3 Å². The summed E-state index contributed by atoms with van der Waals surface area (Å²) in [6, 6.07) is 8.96. The lowest BCUT2D eigenvalue weighted by atomic mass is 10.1. The van der Waals surface area contributed by atoms with E-state index >= 15 is 0 Å². The van der Waals surface area contributed by atoms with Crippen molar-refractivity contribution >= 4 is 17.5 Å². The fraction of sp³-hybridized carbons (Fsp3) is 0.167. The standard InChI is InChI=1S/C18H13ClF3N3O3/c19-14-7-11(17-25-24-15(9-26)28-17)3-6-13(14)16(27)23-8-10-1-4-12(5-2-10)18(20,21)22/h1-7,26H,8-9H2,(H,23,27). The molecule has 1 amide bonds. The van der Waals surface area contributed by atoms with Crippen molar-refractivity contribution in [1.29, 1.82) is 0 Å². The summed E-state index contributed by atoms with van der Waals surface area (Å²) in [5.74, 6) is -0.301. The Morgan fingerprint density at radius 3 is 2.43 bits per heavy atom. The smallest absolute Gasteiger partial charge is 0.416 e. The van der Waals surface area contributed by atoms with Gasteiger partial charge in [-0.15, -0.1) is 10.2 Å². The molecule has 28 heavy (non-hydrogen) atoms. The number of amides is 1. The van der Waals surface area contributed by atoms with Crippen LogP contribution < -0.4 is 5.32 Å². The van der Waals surface area contributed by atoms with Crippen LogP contribution in [0.5, 0.6) is 0 Å². The van der Waals surface area contributed by atoms with Crippen molar-refractivity contribution in [2.24, 2.45) is 0 Å². The monoisotopic (exact) mass is 411 g/mol. The second-order valence-corrected chi connectivity index (χ2v) is 6.14. The summed E-state index contributed by atoms with van der Waals surface area (Å²) in [5, 5.41) is 19.1. The number of rotatable bonds is 5. The molecule has 0 bridgehead atoms. The summed E-state index contributed by atoms with van der Waals surface area (Å²) in [6.07, 6.45) is -4.41. The lowest BCUT2D eigenvalue weighted by molar-refractivity contribution is -0.137. The molecule has 3 rings (SSSR count). The van der Waals surface area contributed by atoms with Crippen LogP contribution >= 0.6 is 11.6 Å². The molecule has 0 radical (unpaired) electrons. The fourth-order valence-electron chi connectivity index (χ4n) is 2.36. The third-order valence-corrected chi connectivity index (χ3v) is 4.11. The summed E-state index contributed by atoms with van der Waals surface area (Å²) in [7, 11) is 0. The van der Waals surface area contributed by atoms with Gasteiger partial charge in [0.15, 0.2) is 0 Å². The molecule has 2 aromatic carbocycles. The Balaban J connectivity index is 1.67. The van der Waals surface area contributed by atoms with Crippen molar-refractivity contribution in [1.82, 2.24) is 15.5 Å². The first-order chi connectivity index (χ1) is 13.3. The highest BCUT2D eigenvalue weighted by Crippen LogP contribution is 2.29. The number of nitrogens with zero attached hydrogens (tertiary/aromatic N) is 2. The second-order valence-electron chi connectivity index (χ2n) is 5.73. The molecule has 146 valence electrons. The average molecular weight is 412 g/mol. The molecule has 0 spiro atoms. The van der Waals surface area contributed by atoms with E-state index in [0.29, 0.717) is 11.1 Å². The number of hydrogen-bond donors (Lipinski definition) is 2. The van der Waals surface area contributed by atoms with E-state index in [0.717, 1.165) is 12.1 Å². The lowest BCUT2D eigenvalue weighted by Gasteiger charge is -2.09. The maximum atomic E-state index is 12.6. The number of alkyl halides is 3. The zero-order valence-corrected chi connectivity index (χ0v) is 14.9. The third-order valence-electron chi connectivity index (χ3n) is 3.80. The zero-order chi connectivity index (χ0) is 20.3. The Morgan fingerprint density at radius 2 is 1.86 bits per heavy atom. The maximum Gasteiger partial charge on any atom is 0.416 e. The van der Waals surface area contributed by atoms with Crippen LogP contribution in [0.25, 0.3) is 11.5 Å². The number of aromatic nitrogens is 2. The van der Waals surface area contributed by atoms with E-state index < -0.39 is 24.3 Å². The molecule has 0 unspecified atom stereocenters. The largest absolute Gasteiger partial charge is 0.418 e. The number of halogens is 4. The van der Waals surface area contributed by atoms with E-state index in [-0.39, 0.29) is 28.9 Å². The minimum absolute atomic E-state index is 0.0402. The Bertz CT molecular complexity index is 988. The first kappa shape index (κ1) is 19.8. The van der Waals surface area contributed by atoms with Crippen LogP contribution in [0.4, 0.5) is 13.2 Å². The normalized spacial score (nSPS) is 11.5. The Kier molecular flexibility index (Phi) is 5.66. The van der Waals surface area contributed by atoms with Crippen LogP contribution in [0, 0.1) is 0 Å². The predicted molar refractivity (Wildman–Crippen MR) is 93.3 cm³/mol. The van der Waals surface area contributed by atoms with E-state index in [1.807, 2.05) is 0 Å². The van der Waals surface area contributed by atoms with Crippen LogP contribution in [-0.2, 0) is 19.3 Å². The van der Waals surface area contributed by atoms with Gasteiger partial charge in [0.1, 0.15) is 6.61 Å². The van der Waals surface area contributed by atoms with E-state index in [4.69, 9.17) is 21.1 Å². The highest BCUT2D eigenvalue weighted by Gasteiger charge is 2.29. The number of benzene rings is 2. The summed E-state index contributed by atoms with van der Waals surface area (Å²) in [4.78, 5) is 12.3. The van der Waals surface area contributed by atoms with E-state index in [9.17, 15) is 18.0 Å². The van der Waals surface area contributed by atoms with Gasteiger partial charge in [0.05, 0.1) is 16.1 Å². The predicted octanol–water partition coefficient (Wildman–Crippen LogP) is 3.83. The summed E-state index contributed by atoms with van der Waals surface area (Å²) in [5.41, 5.74) is 0.402. The third kappa shape index (κ3) is 4.49. The van der Waals surface area contributed by atoms with E-state index in [1.165, 1.54) is 24.3 Å². The first-order valence-electron chi connectivity index (χ1n) is 7.95. The van der Waals surface area contributed by atoms with Gasteiger partial charge in [-0.3, -0.25) is 4.79 Å². The zero-order valence-electron chi connectivity index (χ0n) is 14.1. The van der Waals surface area contributed by atoms with Crippen molar-refractivity contribution in [3.63, 3.8) is 0 Å². The van der Waals surface area contributed by atoms with Crippen molar-refractivity contribution in [3.8, 4) is 11.5 Å². The Labute approximate surface area is 162 Å². The van der Waals surface area contributed by atoms with Gasteiger partial charge in [-0.05, 0) is 35.9 Å². The topological polar surface area (TPSA) is 88.2 Å². The number of carbonyl (C=O) groups excluding carboxylic acids is 1. The van der Waals surface area contributed by atoms with Gasteiger partial charge in [-0.2, -0.15) is 13.2 Å². The Hall–Kier alpha value is -2.91. The molecule has 0 aliphatic rings. The highest BCUT2D eigenvalue weighted by molar-refractivity contribution is 6.34. The minimum atomic E-state index is -4.41. The first-order valence-corrected chi connectivity index (χ1v) is 8.33. The number of hydrogen-bond acceptors (Lipinski definition) is 5. The molecule has 1 aromatic heterocycles. The SMILES string of the molecule is O=C(NCc1ccc(C(F)(F)F)cc1)c1ccc(-c2nnc(CO)o2)cc1Cl. The highest BCUT2D eigenvalue weighted by atomic mass is 35.5. The van der Waals surface area contributed by atoms with Crippen molar-refractivity contribution in [2.75, 3.05) is 0 Å². The molecular weight excluding hydrogens is 399 g/mol. The molecule has 6 nitrogen and oxygen atoms in total. The molecule has 0 atom stereocenters. The fourth-order valence-corrected chi connectivity index (χ4v) is 2.62. The summed E-state index contributed by atoms with van der Waals surface area (Å²) in [6.45, 7) is -0.357. The maximum absolute atomic E-state index is 12.6. The second kappa shape index (κ2) is 7.99. The van der Waals surface area contributed by atoms with Gasteiger partial charge in [-0.25, -0.2) is 0 Å². The van der Waals surface area contributed by atoms with Crippen LogP contribution in [0.2, 0.25) is 5.02 Å². The quantitative estimate of drug-likeness (QED) is 0.666. The van der Waals surface area contributed by atoms with Gasteiger partial charge in [0, 0.05) is 12.1 Å².